The Labute approximate surface area is 228 Å². The smallest absolute Gasteiger partial charge is 0.144 e. The second-order valence-electron chi connectivity index (χ2n) is 7.20. The fraction of sp³-hybridized carbons (Fsp3) is 0. The summed E-state index contributed by atoms with van der Waals surface area (Å²) < 4.78 is 169. The molecule has 1 heterocycles. The average Bonchev–Trinajstić information content (AvgIpc) is 3.53. The number of furan rings is 1. The van der Waals surface area contributed by atoms with Crippen molar-refractivity contribution in [1.82, 2.24) is 0 Å². The summed E-state index contributed by atoms with van der Waals surface area (Å²) in [6.45, 7) is 0. The van der Waals surface area contributed by atoms with Gasteiger partial charge in [0.05, 0.1) is 31.1 Å². The van der Waals surface area contributed by atoms with Crippen LogP contribution in [0.3, 0.4) is 0 Å². The molecule has 7 aromatic rings. The Morgan fingerprint density at radius 2 is 1.18 bits per heavy atom. The minimum atomic E-state index is -0.885. The summed E-state index contributed by atoms with van der Waals surface area (Å²) in [5.41, 5.74) is -3.32. The molecule has 0 saturated carbocycles. The van der Waals surface area contributed by atoms with Gasteiger partial charge in [0.25, 0.3) is 0 Å². The van der Waals surface area contributed by atoms with Crippen molar-refractivity contribution >= 4 is 55.1 Å². The summed E-state index contributed by atoms with van der Waals surface area (Å²) in [5.74, 6) is 0. The second-order valence-corrected chi connectivity index (χ2v) is 7.58. The molecular formula is C32H19ClO. The van der Waals surface area contributed by atoms with E-state index in [4.69, 9.17) is 42.1 Å². The van der Waals surface area contributed by atoms with Crippen LogP contribution in [0.4, 0.5) is 0 Å². The van der Waals surface area contributed by atoms with Crippen molar-refractivity contribution in [2.75, 3.05) is 0 Å². The van der Waals surface area contributed by atoms with Crippen LogP contribution in [0, 0.1) is 0 Å². The van der Waals surface area contributed by atoms with Crippen LogP contribution in [0.25, 0.3) is 65.7 Å². The maximum Gasteiger partial charge on any atom is 0.144 e. The van der Waals surface area contributed by atoms with Crippen LogP contribution in [0.1, 0.15) is 26.0 Å². The van der Waals surface area contributed by atoms with Gasteiger partial charge >= 0.3 is 0 Å². The van der Waals surface area contributed by atoms with E-state index in [2.05, 4.69) is 0 Å². The van der Waals surface area contributed by atoms with Crippen LogP contribution >= 0.6 is 11.6 Å². The molecule has 0 bridgehead atoms. The number of halogens is 1. The van der Waals surface area contributed by atoms with Gasteiger partial charge in [0, 0.05) is 16.3 Å². The first kappa shape index (κ1) is 8.30. The third-order valence-electron chi connectivity index (χ3n) is 5.20. The first-order valence-electron chi connectivity index (χ1n) is 19.3. The molecular weight excluding hydrogens is 436 g/mol. The lowest BCUT2D eigenvalue weighted by Crippen LogP contribution is -1.82. The molecule has 0 amide bonds. The van der Waals surface area contributed by atoms with Crippen LogP contribution in [0.5, 0.6) is 0 Å². The SMILES string of the molecule is [2H]c1c([2H])c(-c2c([2H])c([2H])c(Cl)c3c2oc2c([2H])c4c([2H])c([2H])c([2H])c([2H])c4c([2H])c23)c([2H])c([2H])c1-c1c([2H])c([2H])c2c([2H])c([2H])c([2H])c([2H])c2c1[2H]. The van der Waals surface area contributed by atoms with Crippen molar-refractivity contribution in [3.63, 3.8) is 0 Å². The molecule has 0 radical (unpaired) electrons. The number of benzene rings is 6. The maximum atomic E-state index is 9.03. The molecule has 0 aliphatic carbocycles. The predicted octanol–water partition coefficient (Wildman–Crippen LogP) is 9.88. The predicted molar refractivity (Wildman–Crippen MR) is 145 cm³/mol. The Kier molecular flexibility index (Phi) is 1.83. The summed E-state index contributed by atoms with van der Waals surface area (Å²) in [6, 6.07) is -13.9. The molecule has 7 rings (SSSR count). The molecule has 0 fully saturated rings. The molecule has 2 heteroatoms. The summed E-state index contributed by atoms with van der Waals surface area (Å²) in [7, 11) is 0. The zero-order valence-electron chi connectivity index (χ0n) is 35.8. The summed E-state index contributed by atoms with van der Waals surface area (Å²) >= 11 is 6.56. The molecule has 160 valence electrons. The molecule has 6 aromatic carbocycles. The summed E-state index contributed by atoms with van der Waals surface area (Å²) in [4.78, 5) is 0. The zero-order valence-corrected chi connectivity index (χ0v) is 17.5. The number of hydrogen-bond donors (Lipinski definition) is 0. The van der Waals surface area contributed by atoms with E-state index in [0.717, 1.165) is 0 Å². The minimum absolute atomic E-state index is 0.268. The van der Waals surface area contributed by atoms with E-state index in [0.29, 0.717) is 0 Å². The maximum absolute atomic E-state index is 9.03. The Morgan fingerprint density at radius 1 is 0.559 bits per heavy atom. The fourth-order valence-corrected chi connectivity index (χ4v) is 3.87. The largest absolute Gasteiger partial charge is 0.455 e. The van der Waals surface area contributed by atoms with Crippen LogP contribution in [0.2, 0.25) is 5.02 Å². The molecule has 0 aliphatic rings. The van der Waals surface area contributed by atoms with E-state index >= 15 is 0 Å². The Morgan fingerprint density at radius 3 is 1.94 bits per heavy atom. The van der Waals surface area contributed by atoms with Gasteiger partial charge in [-0.15, -0.1) is 0 Å². The second kappa shape index (κ2) is 7.48. The lowest BCUT2D eigenvalue weighted by atomic mass is 9.97. The number of hydrogen-bond acceptors (Lipinski definition) is 1. The Balaban J connectivity index is 1.64. The van der Waals surface area contributed by atoms with E-state index in [1.54, 1.807) is 0 Å². The standard InChI is InChI=1S/C32H19ClO/c33-29-16-15-27(32-31(29)28-18-24-7-3-4-8-25(24)19-30(28)34-32)22-12-9-21(10-13-22)26-14-11-20-5-1-2-6-23(20)17-26/h1-19H/i1D,2D,3D,4D,5D,6D,7D,8D,9D,10D,11D,12D,13D,14D,15D,16D,17D,18D,19D. The highest BCUT2D eigenvalue weighted by atomic mass is 35.5. The number of fused-ring (bicyclic) bond motifs is 5. The van der Waals surface area contributed by atoms with E-state index in [9.17, 15) is 0 Å². The molecule has 0 spiro atoms. The van der Waals surface area contributed by atoms with Crippen LogP contribution < -0.4 is 0 Å². The molecule has 1 nitrogen and oxygen atoms in total. The van der Waals surface area contributed by atoms with Crippen molar-refractivity contribution in [2.45, 2.75) is 0 Å². The highest BCUT2D eigenvalue weighted by molar-refractivity contribution is 6.38. The highest BCUT2D eigenvalue weighted by Gasteiger charge is 2.16. The molecule has 0 atom stereocenters. The van der Waals surface area contributed by atoms with E-state index < -0.39 is 164 Å². The number of rotatable bonds is 2. The third-order valence-corrected chi connectivity index (χ3v) is 5.49. The summed E-state index contributed by atoms with van der Waals surface area (Å²) in [6.07, 6.45) is 0. The van der Waals surface area contributed by atoms with Gasteiger partial charge in [-0.3, -0.25) is 0 Å². The molecule has 0 N–H and O–H groups in total. The van der Waals surface area contributed by atoms with Crippen molar-refractivity contribution < 1.29 is 30.5 Å². The zero-order chi connectivity index (χ0) is 39.2. The highest BCUT2D eigenvalue weighted by Crippen LogP contribution is 2.41. The first-order chi connectivity index (χ1) is 24.7. The molecule has 0 unspecified atom stereocenters. The lowest BCUT2D eigenvalue weighted by Gasteiger charge is -2.07. The molecule has 0 aliphatic heterocycles. The van der Waals surface area contributed by atoms with Gasteiger partial charge in [-0.25, -0.2) is 0 Å². The van der Waals surface area contributed by atoms with Crippen molar-refractivity contribution in [2.24, 2.45) is 0 Å². The topological polar surface area (TPSA) is 13.1 Å². The normalized spacial score (nSPS) is 19.5. The Hall–Kier alpha value is -4.07. The lowest BCUT2D eigenvalue weighted by molar-refractivity contribution is 0.670. The van der Waals surface area contributed by atoms with Gasteiger partial charge in [-0.1, -0.05) is 96.2 Å². The minimum Gasteiger partial charge on any atom is -0.455 e. The average molecular weight is 474 g/mol. The van der Waals surface area contributed by atoms with Gasteiger partial charge in [-0.2, -0.15) is 0 Å². The van der Waals surface area contributed by atoms with Crippen molar-refractivity contribution in [3.8, 4) is 22.3 Å². The third kappa shape index (κ3) is 3.02. The van der Waals surface area contributed by atoms with Crippen molar-refractivity contribution in [1.29, 1.82) is 0 Å². The van der Waals surface area contributed by atoms with Gasteiger partial charge in [-0.05, 0) is 68.4 Å². The van der Waals surface area contributed by atoms with Crippen LogP contribution in [-0.4, -0.2) is 0 Å². The summed E-state index contributed by atoms with van der Waals surface area (Å²) in [5, 5.41) is -2.63. The quantitative estimate of drug-likeness (QED) is 0.243. The van der Waals surface area contributed by atoms with Crippen molar-refractivity contribution in [3.05, 3.63) is 120 Å². The van der Waals surface area contributed by atoms with E-state index in [1.165, 1.54) is 0 Å². The first-order valence-corrected chi connectivity index (χ1v) is 10.2. The molecule has 1 aromatic heterocycles. The Bertz CT molecular complexity index is 2870. The van der Waals surface area contributed by atoms with Gasteiger partial charge < -0.3 is 4.42 Å². The van der Waals surface area contributed by atoms with E-state index in [1.807, 2.05) is 0 Å². The van der Waals surface area contributed by atoms with Gasteiger partial charge in [0.1, 0.15) is 11.2 Å². The molecule has 0 saturated heterocycles. The van der Waals surface area contributed by atoms with Gasteiger partial charge in [0.2, 0.25) is 0 Å². The molecule has 34 heavy (non-hydrogen) atoms. The van der Waals surface area contributed by atoms with Gasteiger partial charge in [0.15, 0.2) is 0 Å². The van der Waals surface area contributed by atoms with Crippen LogP contribution in [0.15, 0.2) is 119 Å². The van der Waals surface area contributed by atoms with Crippen LogP contribution in [-0.2, 0) is 0 Å². The fourth-order valence-electron chi connectivity index (χ4n) is 3.64. The van der Waals surface area contributed by atoms with E-state index in [-0.39, 0.29) is 21.5 Å². The monoisotopic (exact) mass is 473 g/mol.